The normalized spacial score (nSPS) is 11.8. The maximum atomic E-state index is 6.59. The Bertz CT molecular complexity index is 2390. The first-order valence-corrected chi connectivity index (χ1v) is 14.4. The van der Waals surface area contributed by atoms with Gasteiger partial charge in [-0.25, -0.2) is 0 Å². The monoisotopic (exact) mass is 535 g/mol. The maximum Gasteiger partial charge on any atom is 0.161 e. The zero-order chi connectivity index (χ0) is 27.6. The molecule has 9 aromatic rings. The van der Waals surface area contributed by atoms with Crippen LogP contribution in [0.15, 0.2) is 156 Å². The largest absolute Gasteiger partial charge is 0.454 e. The predicted molar refractivity (Wildman–Crippen MR) is 176 cm³/mol. The second-order valence-corrected chi connectivity index (χ2v) is 10.9. The molecule has 0 saturated carbocycles. The van der Waals surface area contributed by atoms with E-state index in [-0.39, 0.29) is 0 Å². The van der Waals surface area contributed by atoms with Gasteiger partial charge in [0.2, 0.25) is 0 Å². The number of rotatable bonds is 3. The summed E-state index contributed by atoms with van der Waals surface area (Å²) in [6.07, 6.45) is 0. The van der Waals surface area contributed by atoms with Gasteiger partial charge in [0.25, 0.3) is 0 Å². The van der Waals surface area contributed by atoms with Gasteiger partial charge < -0.3 is 8.98 Å². The molecule has 0 amide bonds. The molecule has 0 radical (unpaired) electrons. The van der Waals surface area contributed by atoms with Crippen molar-refractivity contribution in [1.82, 2.24) is 4.57 Å². The number of benzene rings is 7. The summed E-state index contributed by atoms with van der Waals surface area (Å²) < 4.78 is 8.93. The van der Waals surface area contributed by atoms with Crippen molar-refractivity contribution in [3.63, 3.8) is 0 Å². The number of hydrogen-bond donors (Lipinski definition) is 0. The summed E-state index contributed by atoms with van der Waals surface area (Å²) in [5.41, 5.74) is 10.1. The molecule has 0 N–H and O–H groups in total. The molecule has 0 atom stereocenters. The van der Waals surface area contributed by atoms with E-state index in [4.69, 9.17) is 4.42 Å². The third-order valence-electron chi connectivity index (χ3n) is 8.57. The van der Waals surface area contributed by atoms with Crippen molar-refractivity contribution in [3.05, 3.63) is 152 Å². The molecule has 42 heavy (non-hydrogen) atoms. The third kappa shape index (κ3) is 3.27. The van der Waals surface area contributed by atoms with Crippen LogP contribution in [0.2, 0.25) is 0 Å². The van der Waals surface area contributed by atoms with E-state index >= 15 is 0 Å². The molecule has 7 aromatic carbocycles. The first-order chi connectivity index (χ1) is 20.9. The molecular formula is C40H25NO. The van der Waals surface area contributed by atoms with E-state index in [9.17, 15) is 0 Å². The minimum atomic E-state index is 0.897. The Morgan fingerprint density at radius 1 is 0.405 bits per heavy atom. The Labute approximate surface area is 242 Å². The lowest BCUT2D eigenvalue weighted by molar-refractivity contribution is 0.673. The molecule has 0 spiro atoms. The summed E-state index contributed by atoms with van der Waals surface area (Å²) in [4.78, 5) is 0. The molecule has 0 aliphatic rings. The van der Waals surface area contributed by atoms with Gasteiger partial charge >= 0.3 is 0 Å². The van der Waals surface area contributed by atoms with Crippen LogP contribution in [-0.4, -0.2) is 4.57 Å². The van der Waals surface area contributed by atoms with Crippen LogP contribution in [0.4, 0.5) is 0 Å². The summed E-state index contributed by atoms with van der Waals surface area (Å²) in [5.74, 6) is 0. The van der Waals surface area contributed by atoms with Crippen molar-refractivity contribution >= 4 is 54.5 Å². The number of hydrogen-bond acceptors (Lipinski definition) is 1. The fourth-order valence-electron chi connectivity index (χ4n) is 6.83. The molecule has 2 aromatic heterocycles. The van der Waals surface area contributed by atoms with Crippen molar-refractivity contribution in [2.45, 2.75) is 0 Å². The van der Waals surface area contributed by atoms with Crippen molar-refractivity contribution < 1.29 is 4.42 Å². The molecule has 2 heteroatoms. The first-order valence-electron chi connectivity index (χ1n) is 14.4. The van der Waals surface area contributed by atoms with Gasteiger partial charge in [0, 0.05) is 16.5 Å². The minimum Gasteiger partial charge on any atom is -0.454 e. The van der Waals surface area contributed by atoms with E-state index in [2.05, 4.69) is 156 Å². The second-order valence-electron chi connectivity index (χ2n) is 10.9. The summed E-state index contributed by atoms with van der Waals surface area (Å²) >= 11 is 0. The van der Waals surface area contributed by atoms with Gasteiger partial charge in [0.15, 0.2) is 5.58 Å². The van der Waals surface area contributed by atoms with Gasteiger partial charge in [-0.1, -0.05) is 115 Å². The fraction of sp³-hybridized carbons (Fsp3) is 0. The van der Waals surface area contributed by atoms with Gasteiger partial charge in [-0.2, -0.15) is 0 Å². The van der Waals surface area contributed by atoms with Gasteiger partial charge in [-0.3, -0.25) is 0 Å². The van der Waals surface area contributed by atoms with Crippen LogP contribution >= 0.6 is 0 Å². The number of para-hydroxylation sites is 2. The van der Waals surface area contributed by atoms with Crippen LogP contribution in [0.25, 0.3) is 82.5 Å². The Morgan fingerprint density at radius 3 is 1.57 bits per heavy atom. The molecule has 0 unspecified atom stereocenters. The standard InChI is InChI=1S/C40H25NO/c1-3-13-26(14-4-1)37-29-17-7-9-19-31(29)38(32-20-10-8-18-30(32)37)27-23-24-36-34(25-27)39-40(42-36)33-21-11-12-22-35(33)41(39)28-15-5-2-6-16-28/h1-25H. The van der Waals surface area contributed by atoms with Crippen LogP contribution in [-0.2, 0) is 0 Å². The van der Waals surface area contributed by atoms with Crippen molar-refractivity contribution in [2.75, 3.05) is 0 Å². The molecule has 2 heterocycles. The molecule has 0 saturated heterocycles. The molecule has 9 rings (SSSR count). The number of furan rings is 1. The van der Waals surface area contributed by atoms with Crippen molar-refractivity contribution in [2.24, 2.45) is 0 Å². The third-order valence-corrected chi connectivity index (χ3v) is 8.57. The Morgan fingerprint density at radius 2 is 0.929 bits per heavy atom. The molecule has 0 bridgehead atoms. The highest BCUT2D eigenvalue weighted by Crippen LogP contribution is 2.45. The zero-order valence-electron chi connectivity index (χ0n) is 22.8. The van der Waals surface area contributed by atoms with Crippen LogP contribution in [0.1, 0.15) is 0 Å². The Kier molecular flexibility index (Phi) is 4.93. The summed E-state index contributed by atoms with van der Waals surface area (Å²) in [6.45, 7) is 0. The van der Waals surface area contributed by atoms with E-state index in [1.165, 1.54) is 43.8 Å². The minimum absolute atomic E-state index is 0.897. The molecule has 0 aliphatic carbocycles. The quantitative estimate of drug-likeness (QED) is 0.206. The predicted octanol–water partition coefficient (Wildman–Crippen LogP) is 11.2. The molecule has 196 valence electrons. The molecule has 0 aliphatic heterocycles. The van der Waals surface area contributed by atoms with E-state index in [0.29, 0.717) is 0 Å². The SMILES string of the molecule is c1ccc(-c2c3ccccc3c(-c3ccc4oc5c6ccccc6n(-c6ccccc6)c5c4c3)c3ccccc23)cc1. The highest BCUT2D eigenvalue weighted by atomic mass is 16.3. The van der Waals surface area contributed by atoms with Crippen LogP contribution in [0.3, 0.4) is 0 Å². The van der Waals surface area contributed by atoms with Gasteiger partial charge in [-0.15, -0.1) is 0 Å². The molecule has 2 nitrogen and oxygen atoms in total. The van der Waals surface area contributed by atoms with Crippen LogP contribution < -0.4 is 0 Å². The van der Waals surface area contributed by atoms with Gasteiger partial charge in [0.05, 0.1) is 5.52 Å². The number of nitrogens with zero attached hydrogens (tertiary/aromatic N) is 1. The smallest absolute Gasteiger partial charge is 0.161 e. The van der Waals surface area contributed by atoms with Crippen LogP contribution in [0, 0.1) is 0 Å². The van der Waals surface area contributed by atoms with E-state index in [1.807, 2.05) is 0 Å². The second kappa shape index (κ2) is 8.95. The zero-order valence-corrected chi connectivity index (χ0v) is 22.8. The lowest BCUT2D eigenvalue weighted by Crippen LogP contribution is -1.93. The topological polar surface area (TPSA) is 18.1 Å². The summed E-state index contributed by atoms with van der Waals surface area (Å²) in [5, 5.41) is 7.25. The lowest BCUT2D eigenvalue weighted by Gasteiger charge is -2.17. The van der Waals surface area contributed by atoms with E-state index in [0.717, 1.165) is 38.7 Å². The lowest BCUT2D eigenvalue weighted by atomic mass is 9.86. The highest BCUT2D eigenvalue weighted by Gasteiger charge is 2.21. The molecule has 0 fully saturated rings. The van der Waals surface area contributed by atoms with Crippen molar-refractivity contribution in [1.29, 1.82) is 0 Å². The summed E-state index contributed by atoms with van der Waals surface area (Å²) in [6, 6.07) is 54.2. The summed E-state index contributed by atoms with van der Waals surface area (Å²) in [7, 11) is 0. The number of fused-ring (bicyclic) bond motifs is 7. The average molecular weight is 536 g/mol. The Balaban J connectivity index is 1.41. The van der Waals surface area contributed by atoms with E-state index < -0.39 is 0 Å². The van der Waals surface area contributed by atoms with Crippen LogP contribution in [0.5, 0.6) is 0 Å². The highest BCUT2D eigenvalue weighted by molar-refractivity contribution is 6.23. The molecular weight excluding hydrogens is 510 g/mol. The number of aromatic nitrogens is 1. The van der Waals surface area contributed by atoms with E-state index in [1.54, 1.807) is 0 Å². The average Bonchev–Trinajstić information content (AvgIpc) is 3.59. The van der Waals surface area contributed by atoms with Gasteiger partial charge in [0.1, 0.15) is 11.1 Å². The first kappa shape index (κ1) is 23.1. The van der Waals surface area contributed by atoms with Crippen molar-refractivity contribution in [3.8, 4) is 27.9 Å². The van der Waals surface area contributed by atoms with Gasteiger partial charge in [-0.05, 0) is 80.2 Å². The maximum absolute atomic E-state index is 6.59. The fourth-order valence-corrected chi connectivity index (χ4v) is 6.83. The Hall–Kier alpha value is -5.60.